The predicted molar refractivity (Wildman–Crippen MR) is 74.1 cm³/mol. The van der Waals surface area contributed by atoms with Gasteiger partial charge in [0.15, 0.2) is 10.8 Å². The van der Waals surface area contributed by atoms with Crippen molar-refractivity contribution in [2.24, 2.45) is 0 Å². The van der Waals surface area contributed by atoms with Crippen molar-refractivity contribution >= 4 is 17.4 Å². The molecule has 1 N–H and O–H groups in total. The number of hydrogen-bond donors (Lipinski definition) is 1. The molecule has 0 amide bonds. The molecular formula is C14H12FN3OS. The summed E-state index contributed by atoms with van der Waals surface area (Å²) in [6.45, 7) is 1.61. The summed E-state index contributed by atoms with van der Waals surface area (Å²) in [6.07, 6.45) is 1.12. The number of aliphatic hydroxyl groups excluding tert-OH is 1. The van der Waals surface area contributed by atoms with Crippen LogP contribution in [-0.2, 0) is 0 Å². The zero-order valence-electron chi connectivity index (χ0n) is 10.7. The predicted octanol–water partition coefficient (Wildman–Crippen LogP) is 3.07. The van der Waals surface area contributed by atoms with Gasteiger partial charge in [-0.2, -0.15) is 0 Å². The summed E-state index contributed by atoms with van der Waals surface area (Å²) in [6, 6.07) is 10.00. The molecule has 0 aliphatic heterocycles. The fraction of sp³-hybridized carbons (Fsp3) is 0.143. The molecule has 0 saturated carbocycles. The van der Waals surface area contributed by atoms with E-state index in [4.69, 9.17) is 0 Å². The van der Waals surface area contributed by atoms with Crippen molar-refractivity contribution < 1.29 is 9.50 Å². The van der Waals surface area contributed by atoms with Gasteiger partial charge in [0.1, 0.15) is 5.82 Å². The molecule has 0 aliphatic rings. The Labute approximate surface area is 119 Å². The van der Waals surface area contributed by atoms with Crippen molar-refractivity contribution in [3.63, 3.8) is 0 Å². The first-order valence-corrected chi connectivity index (χ1v) is 6.92. The second-order valence-electron chi connectivity index (χ2n) is 4.37. The molecule has 3 aromatic rings. The van der Waals surface area contributed by atoms with Crippen LogP contribution in [0, 0.1) is 5.82 Å². The largest absolute Gasteiger partial charge is 0.389 e. The summed E-state index contributed by atoms with van der Waals surface area (Å²) in [4.78, 5) is 0.763. The van der Waals surface area contributed by atoms with Crippen LogP contribution in [0.3, 0.4) is 0 Å². The van der Waals surface area contributed by atoms with Gasteiger partial charge in [-0.3, -0.25) is 4.40 Å². The molecule has 0 aliphatic carbocycles. The van der Waals surface area contributed by atoms with Gasteiger partial charge in [0.25, 0.3) is 0 Å². The molecule has 6 heteroatoms. The molecule has 0 fully saturated rings. The molecule has 1 aromatic carbocycles. The van der Waals surface area contributed by atoms with E-state index < -0.39 is 6.10 Å². The Morgan fingerprint density at radius 2 is 2.10 bits per heavy atom. The first-order chi connectivity index (χ1) is 9.65. The number of benzene rings is 1. The summed E-state index contributed by atoms with van der Waals surface area (Å²) >= 11 is 1.35. The van der Waals surface area contributed by atoms with Gasteiger partial charge < -0.3 is 5.11 Å². The third-order valence-corrected chi connectivity index (χ3v) is 3.96. The normalized spacial score (nSPS) is 12.8. The number of aromatic nitrogens is 3. The number of nitrogens with zero attached hydrogens (tertiary/aromatic N) is 3. The lowest BCUT2D eigenvalue weighted by atomic mass is 10.1. The fourth-order valence-electron chi connectivity index (χ4n) is 1.93. The third-order valence-electron chi connectivity index (χ3n) is 2.91. The molecule has 0 bridgehead atoms. The van der Waals surface area contributed by atoms with Crippen molar-refractivity contribution in [1.82, 2.24) is 14.6 Å². The van der Waals surface area contributed by atoms with Crippen LogP contribution in [0.2, 0.25) is 0 Å². The molecule has 1 atom stereocenters. The Kier molecular flexibility index (Phi) is 3.42. The molecule has 0 radical (unpaired) electrons. The van der Waals surface area contributed by atoms with Gasteiger partial charge in [-0.25, -0.2) is 4.39 Å². The van der Waals surface area contributed by atoms with Gasteiger partial charge in [0.05, 0.1) is 6.10 Å². The highest BCUT2D eigenvalue weighted by atomic mass is 32.2. The molecule has 3 rings (SSSR count). The Bertz CT molecular complexity index is 757. The summed E-state index contributed by atoms with van der Waals surface area (Å²) in [5.74, 6) is -0.364. The number of hydrogen-bond acceptors (Lipinski definition) is 4. The smallest absolute Gasteiger partial charge is 0.200 e. The molecule has 20 heavy (non-hydrogen) atoms. The number of rotatable bonds is 3. The van der Waals surface area contributed by atoms with Crippen molar-refractivity contribution in [3.8, 4) is 0 Å². The number of halogens is 1. The van der Waals surface area contributed by atoms with E-state index in [1.54, 1.807) is 13.0 Å². The minimum absolute atomic E-state index is 0.364. The molecule has 0 saturated heterocycles. The van der Waals surface area contributed by atoms with Crippen LogP contribution in [0.15, 0.2) is 52.6 Å². The van der Waals surface area contributed by atoms with E-state index in [0.29, 0.717) is 10.7 Å². The quantitative estimate of drug-likeness (QED) is 0.805. The molecule has 102 valence electrons. The Morgan fingerprint density at radius 1 is 1.25 bits per heavy atom. The third kappa shape index (κ3) is 2.39. The molecule has 0 spiro atoms. The van der Waals surface area contributed by atoms with Crippen LogP contribution < -0.4 is 0 Å². The number of aliphatic hydroxyl groups is 1. The standard InChI is InChI=1S/C14H12FN3OS/c1-9(19)11-8-10(15)5-6-12(11)20-14-17-16-13-4-2-3-7-18(13)14/h2-9,19H,1H3/t9-/m0/s1. The van der Waals surface area contributed by atoms with Gasteiger partial charge in [0.2, 0.25) is 0 Å². The number of pyridine rings is 1. The second-order valence-corrected chi connectivity index (χ2v) is 5.38. The second kappa shape index (κ2) is 5.22. The lowest BCUT2D eigenvalue weighted by Gasteiger charge is -2.10. The molecule has 2 aromatic heterocycles. The maximum Gasteiger partial charge on any atom is 0.200 e. The minimum Gasteiger partial charge on any atom is -0.389 e. The van der Waals surface area contributed by atoms with Crippen LogP contribution in [0.1, 0.15) is 18.6 Å². The van der Waals surface area contributed by atoms with E-state index in [1.807, 2.05) is 28.8 Å². The highest BCUT2D eigenvalue weighted by molar-refractivity contribution is 7.99. The van der Waals surface area contributed by atoms with Crippen molar-refractivity contribution in [1.29, 1.82) is 0 Å². The van der Waals surface area contributed by atoms with E-state index in [2.05, 4.69) is 10.2 Å². The van der Waals surface area contributed by atoms with E-state index in [0.717, 1.165) is 10.5 Å². The number of fused-ring (bicyclic) bond motifs is 1. The first kappa shape index (κ1) is 13.1. The van der Waals surface area contributed by atoms with E-state index in [1.165, 1.54) is 23.9 Å². The van der Waals surface area contributed by atoms with E-state index in [9.17, 15) is 9.50 Å². The molecular weight excluding hydrogens is 277 g/mol. The first-order valence-electron chi connectivity index (χ1n) is 6.10. The van der Waals surface area contributed by atoms with Crippen LogP contribution in [0.5, 0.6) is 0 Å². The zero-order valence-corrected chi connectivity index (χ0v) is 11.5. The average Bonchev–Trinajstić information content (AvgIpc) is 2.84. The van der Waals surface area contributed by atoms with Crippen molar-refractivity contribution in [2.75, 3.05) is 0 Å². The maximum atomic E-state index is 13.3. The monoisotopic (exact) mass is 289 g/mol. The highest BCUT2D eigenvalue weighted by Crippen LogP contribution is 2.32. The lowest BCUT2D eigenvalue weighted by molar-refractivity contribution is 0.196. The minimum atomic E-state index is -0.743. The van der Waals surface area contributed by atoms with Gasteiger partial charge in [-0.1, -0.05) is 6.07 Å². The average molecular weight is 289 g/mol. The van der Waals surface area contributed by atoms with Crippen LogP contribution in [0.25, 0.3) is 5.65 Å². The summed E-state index contributed by atoms with van der Waals surface area (Å²) in [5.41, 5.74) is 1.29. The lowest BCUT2D eigenvalue weighted by Crippen LogP contribution is -1.96. The molecule has 0 unspecified atom stereocenters. The Hall–Kier alpha value is -1.92. The highest BCUT2D eigenvalue weighted by Gasteiger charge is 2.13. The summed E-state index contributed by atoms with van der Waals surface area (Å²) in [5, 5.41) is 18.6. The molecule has 2 heterocycles. The summed E-state index contributed by atoms with van der Waals surface area (Å²) < 4.78 is 15.1. The van der Waals surface area contributed by atoms with Gasteiger partial charge in [-0.15, -0.1) is 10.2 Å². The summed E-state index contributed by atoms with van der Waals surface area (Å²) in [7, 11) is 0. The topological polar surface area (TPSA) is 50.4 Å². The van der Waals surface area contributed by atoms with Crippen LogP contribution in [-0.4, -0.2) is 19.7 Å². The molecule has 4 nitrogen and oxygen atoms in total. The van der Waals surface area contributed by atoms with Gasteiger partial charge >= 0.3 is 0 Å². The van der Waals surface area contributed by atoms with Crippen LogP contribution in [0.4, 0.5) is 4.39 Å². The van der Waals surface area contributed by atoms with Crippen molar-refractivity contribution in [2.45, 2.75) is 23.1 Å². The van der Waals surface area contributed by atoms with E-state index in [-0.39, 0.29) is 5.82 Å². The van der Waals surface area contributed by atoms with Crippen LogP contribution >= 0.6 is 11.8 Å². The Balaban J connectivity index is 2.03. The van der Waals surface area contributed by atoms with E-state index >= 15 is 0 Å². The van der Waals surface area contributed by atoms with Gasteiger partial charge in [0, 0.05) is 11.1 Å². The zero-order chi connectivity index (χ0) is 14.1. The Morgan fingerprint density at radius 3 is 2.90 bits per heavy atom. The fourth-order valence-corrected chi connectivity index (χ4v) is 2.94. The van der Waals surface area contributed by atoms with Crippen molar-refractivity contribution in [3.05, 3.63) is 54.0 Å². The maximum absolute atomic E-state index is 13.3. The SMILES string of the molecule is C[C@H](O)c1cc(F)ccc1Sc1nnc2ccccn12. The van der Waals surface area contributed by atoms with Gasteiger partial charge in [-0.05, 0) is 54.6 Å².